The van der Waals surface area contributed by atoms with Crippen molar-refractivity contribution in [3.63, 3.8) is 0 Å². The molecule has 4 nitrogen and oxygen atoms in total. The lowest BCUT2D eigenvalue weighted by Crippen LogP contribution is -2.35. The molecule has 17 heavy (non-hydrogen) atoms. The molecule has 1 aliphatic rings. The lowest BCUT2D eigenvalue weighted by Gasteiger charge is -2.32. The van der Waals surface area contributed by atoms with E-state index in [9.17, 15) is 0 Å². The van der Waals surface area contributed by atoms with Crippen LogP contribution in [0, 0.1) is 5.92 Å². The van der Waals surface area contributed by atoms with Crippen LogP contribution < -0.4 is 4.90 Å². The van der Waals surface area contributed by atoms with E-state index < -0.39 is 0 Å². The molecule has 0 radical (unpaired) electrons. The minimum Gasteiger partial charge on any atom is -0.384 e. The zero-order valence-corrected chi connectivity index (χ0v) is 10.9. The number of ether oxygens (including phenoxy) is 1. The third-order valence-corrected chi connectivity index (χ3v) is 3.42. The fraction of sp³-hybridized carbons (Fsp3) is 0.667. The molecular formula is C12H18ClN3O. The fourth-order valence-corrected chi connectivity index (χ4v) is 2.30. The number of alkyl halides is 1. The van der Waals surface area contributed by atoms with Gasteiger partial charge in [0.15, 0.2) is 0 Å². The van der Waals surface area contributed by atoms with Gasteiger partial charge in [-0.2, -0.15) is 0 Å². The molecule has 2 heterocycles. The van der Waals surface area contributed by atoms with Crippen molar-refractivity contribution in [2.24, 2.45) is 5.92 Å². The predicted octanol–water partition coefficient (Wildman–Crippen LogP) is 2.08. The number of halogens is 1. The van der Waals surface area contributed by atoms with Crippen molar-refractivity contribution in [3.8, 4) is 0 Å². The highest BCUT2D eigenvalue weighted by atomic mass is 35.5. The maximum absolute atomic E-state index is 5.76. The van der Waals surface area contributed by atoms with E-state index in [1.165, 1.54) is 0 Å². The summed E-state index contributed by atoms with van der Waals surface area (Å²) in [6.07, 6.45) is 5.84. The molecule has 0 atom stereocenters. The average Bonchev–Trinajstić information content (AvgIpc) is 2.40. The van der Waals surface area contributed by atoms with Gasteiger partial charge in [-0.3, -0.25) is 4.98 Å². The van der Waals surface area contributed by atoms with Gasteiger partial charge in [0.2, 0.25) is 0 Å². The van der Waals surface area contributed by atoms with Crippen LogP contribution in [0.3, 0.4) is 0 Å². The Labute approximate surface area is 107 Å². The molecule has 0 spiro atoms. The molecule has 0 N–H and O–H groups in total. The summed E-state index contributed by atoms with van der Waals surface area (Å²) in [5, 5.41) is 0. The molecule has 1 fully saturated rings. The molecule has 2 rings (SSSR count). The first-order valence-corrected chi connectivity index (χ1v) is 6.47. The Kier molecular flexibility index (Phi) is 4.57. The van der Waals surface area contributed by atoms with Crippen molar-refractivity contribution >= 4 is 17.4 Å². The van der Waals surface area contributed by atoms with Crippen LogP contribution in [0.4, 0.5) is 5.82 Å². The second kappa shape index (κ2) is 6.17. The second-order valence-corrected chi connectivity index (χ2v) is 4.66. The van der Waals surface area contributed by atoms with E-state index >= 15 is 0 Å². The summed E-state index contributed by atoms with van der Waals surface area (Å²) in [6, 6.07) is 0. The second-order valence-electron chi connectivity index (χ2n) is 4.39. The monoisotopic (exact) mass is 255 g/mol. The smallest absolute Gasteiger partial charge is 0.147 e. The molecule has 0 aromatic carbocycles. The largest absolute Gasteiger partial charge is 0.384 e. The molecule has 1 saturated heterocycles. The van der Waals surface area contributed by atoms with E-state index in [1.807, 2.05) is 6.20 Å². The van der Waals surface area contributed by atoms with Crippen LogP contribution in [-0.2, 0) is 10.6 Å². The minimum absolute atomic E-state index is 0.418. The summed E-state index contributed by atoms with van der Waals surface area (Å²) in [4.78, 5) is 10.9. The highest BCUT2D eigenvalue weighted by Crippen LogP contribution is 2.21. The van der Waals surface area contributed by atoms with E-state index in [2.05, 4.69) is 14.9 Å². The van der Waals surface area contributed by atoms with Gasteiger partial charge in [0.1, 0.15) is 5.82 Å². The minimum atomic E-state index is 0.418. The Morgan fingerprint density at radius 1 is 1.41 bits per heavy atom. The summed E-state index contributed by atoms with van der Waals surface area (Å²) in [6.45, 7) is 2.91. The first kappa shape index (κ1) is 12.6. The quantitative estimate of drug-likeness (QED) is 0.772. The van der Waals surface area contributed by atoms with Gasteiger partial charge in [-0.1, -0.05) is 0 Å². The van der Waals surface area contributed by atoms with Crippen LogP contribution in [0.2, 0.25) is 0 Å². The van der Waals surface area contributed by atoms with Gasteiger partial charge < -0.3 is 9.64 Å². The Morgan fingerprint density at radius 2 is 2.18 bits per heavy atom. The van der Waals surface area contributed by atoms with Crippen LogP contribution in [0.15, 0.2) is 12.4 Å². The van der Waals surface area contributed by atoms with Crippen molar-refractivity contribution < 1.29 is 4.74 Å². The van der Waals surface area contributed by atoms with Gasteiger partial charge in [-0.05, 0) is 18.8 Å². The molecule has 0 unspecified atom stereocenters. The van der Waals surface area contributed by atoms with Gasteiger partial charge in [0.25, 0.3) is 0 Å². The molecule has 0 aliphatic carbocycles. The SMILES string of the molecule is COCC1CCN(c2cncc(CCl)n2)CC1. The van der Waals surface area contributed by atoms with Crippen LogP contribution >= 0.6 is 11.6 Å². The first-order chi connectivity index (χ1) is 8.33. The molecule has 1 aromatic heterocycles. The summed E-state index contributed by atoms with van der Waals surface area (Å²) < 4.78 is 5.19. The summed E-state index contributed by atoms with van der Waals surface area (Å²) in [7, 11) is 1.77. The lowest BCUT2D eigenvalue weighted by atomic mass is 9.98. The predicted molar refractivity (Wildman–Crippen MR) is 68.4 cm³/mol. The van der Waals surface area contributed by atoms with E-state index in [1.54, 1.807) is 13.3 Å². The van der Waals surface area contributed by atoms with Gasteiger partial charge in [0, 0.05) is 33.0 Å². The van der Waals surface area contributed by atoms with Gasteiger partial charge in [-0.15, -0.1) is 11.6 Å². The molecule has 1 aromatic rings. The number of methoxy groups -OCH3 is 1. The van der Waals surface area contributed by atoms with Gasteiger partial charge in [0.05, 0.1) is 17.8 Å². The highest BCUT2D eigenvalue weighted by molar-refractivity contribution is 6.16. The number of anilines is 1. The topological polar surface area (TPSA) is 38.2 Å². The van der Waals surface area contributed by atoms with E-state index in [0.717, 1.165) is 44.0 Å². The van der Waals surface area contributed by atoms with Crippen molar-refractivity contribution in [1.82, 2.24) is 9.97 Å². The van der Waals surface area contributed by atoms with Crippen LogP contribution in [-0.4, -0.2) is 36.8 Å². The van der Waals surface area contributed by atoms with Gasteiger partial charge in [-0.25, -0.2) is 4.98 Å². The van der Waals surface area contributed by atoms with Crippen LogP contribution in [0.25, 0.3) is 0 Å². The average molecular weight is 256 g/mol. The van der Waals surface area contributed by atoms with E-state index in [4.69, 9.17) is 16.3 Å². The highest BCUT2D eigenvalue weighted by Gasteiger charge is 2.20. The van der Waals surface area contributed by atoms with E-state index in [0.29, 0.717) is 11.8 Å². The summed E-state index contributed by atoms with van der Waals surface area (Å²) in [5.74, 6) is 2.04. The molecule has 0 saturated carbocycles. The third-order valence-electron chi connectivity index (χ3n) is 3.15. The third kappa shape index (κ3) is 3.30. The molecule has 94 valence electrons. The van der Waals surface area contributed by atoms with Crippen molar-refractivity contribution in [2.75, 3.05) is 31.7 Å². The molecule has 5 heteroatoms. The lowest BCUT2D eigenvalue weighted by molar-refractivity contribution is 0.139. The van der Waals surface area contributed by atoms with Crippen LogP contribution in [0.5, 0.6) is 0 Å². The molecule has 1 aliphatic heterocycles. The zero-order valence-electron chi connectivity index (χ0n) is 10.1. The number of aromatic nitrogens is 2. The number of rotatable bonds is 4. The first-order valence-electron chi connectivity index (χ1n) is 5.94. The maximum Gasteiger partial charge on any atom is 0.147 e. The Bertz CT molecular complexity index is 353. The standard InChI is InChI=1S/C12H18ClN3O/c1-17-9-10-2-4-16(5-3-10)12-8-14-7-11(6-13)15-12/h7-8,10H,2-6,9H2,1H3. The number of hydrogen-bond acceptors (Lipinski definition) is 4. The maximum atomic E-state index is 5.76. The molecular weight excluding hydrogens is 238 g/mol. The zero-order chi connectivity index (χ0) is 12.1. The normalized spacial score (nSPS) is 17.4. The number of hydrogen-bond donors (Lipinski definition) is 0. The Hall–Kier alpha value is -0.870. The molecule has 0 bridgehead atoms. The number of nitrogens with zero attached hydrogens (tertiary/aromatic N) is 3. The van der Waals surface area contributed by atoms with E-state index in [-0.39, 0.29) is 0 Å². The van der Waals surface area contributed by atoms with Gasteiger partial charge >= 0.3 is 0 Å². The fourth-order valence-electron chi connectivity index (χ4n) is 2.18. The van der Waals surface area contributed by atoms with Crippen molar-refractivity contribution in [3.05, 3.63) is 18.1 Å². The number of piperidine rings is 1. The summed E-state index contributed by atoms with van der Waals surface area (Å²) in [5.41, 5.74) is 0.836. The summed E-state index contributed by atoms with van der Waals surface area (Å²) >= 11 is 5.76. The Morgan fingerprint density at radius 3 is 2.82 bits per heavy atom. The van der Waals surface area contributed by atoms with Crippen LogP contribution in [0.1, 0.15) is 18.5 Å². The Balaban J connectivity index is 1.95. The van der Waals surface area contributed by atoms with Crippen molar-refractivity contribution in [1.29, 1.82) is 0 Å². The molecule has 0 amide bonds. The van der Waals surface area contributed by atoms with Crippen molar-refractivity contribution in [2.45, 2.75) is 18.7 Å².